The predicted octanol–water partition coefficient (Wildman–Crippen LogP) is 5.64. The highest BCUT2D eigenvalue weighted by Gasteiger charge is 2.11. The van der Waals surface area contributed by atoms with E-state index in [0.29, 0.717) is 11.4 Å². The summed E-state index contributed by atoms with van der Waals surface area (Å²) in [7, 11) is -8.46. The SMILES string of the molecule is O=S(=O)(O)c1ccc(-c2ccc(-c3cnc(-c4ccc(-c5ccc(S(=O)(=O)O)cc5)cc4)cn3)cc2)cc1. The van der Waals surface area contributed by atoms with Crippen LogP contribution in [0, 0.1) is 0 Å². The van der Waals surface area contributed by atoms with Gasteiger partial charge in [-0.15, -0.1) is 0 Å². The normalized spacial score (nSPS) is 11.8. The van der Waals surface area contributed by atoms with Crippen molar-refractivity contribution in [1.82, 2.24) is 9.97 Å². The number of hydrogen-bond acceptors (Lipinski definition) is 6. The Morgan fingerprint density at radius 1 is 0.395 bits per heavy atom. The van der Waals surface area contributed by atoms with Crippen LogP contribution in [0.3, 0.4) is 0 Å². The first-order valence-corrected chi connectivity index (χ1v) is 14.1. The third-order valence-electron chi connectivity index (χ3n) is 5.98. The molecule has 1 aromatic heterocycles. The summed E-state index contributed by atoms with van der Waals surface area (Å²) in [5, 5.41) is 0. The largest absolute Gasteiger partial charge is 0.294 e. The van der Waals surface area contributed by atoms with Gasteiger partial charge in [0.05, 0.1) is 33.6 Å². The Hall–Kier alpha value is -4.22. The summed E-state index contributed by atoms with van der Waals surface area (Å²) in [4.78, 5) is 8.77. The number of nitrogens with zero attached hydrogens (tertiary/aromatic N) is 2. The molecule has 0 saturated heterocycles. The van der Waals surface area contributed by atoms with E-state index in [-0.39, 0.29) is 9.79 Å². The third-order valence-corrected chi connectivity index (χ3v) is 7.72. The molecule has 0 aliphatic rings. The van der Waals surface area contributed by atoms with Gasteiger partial charge >= 0.3 is 0 Å². The molecule has 0 amide bonds. The van der Waals surface area contributed by atoms with E-state index >= 15 is 0 Å². The molecule has 1 heterocycles. The first kappa shape index (κ1) is 25.4. The Balaban J connectivity index is 1.30. The van der Waals surface area contributed by atoms with E-state index in [1.807, 2.05) is 48.5 Å². The molecule has 8 nitrogen and oxygen atoms in total. The van der Waals surface area contributed by atoms with Crippen molar-refractivity contribution in [3.63, 3.8) is 0 Å². The molecule has 0 atom stereocenters. The zero-order valence-corrected chi connectivity index (χ0v) is 21.3. The zero-order valence-electron chi connectivity index (χ0n) is 19.6. The van der Waals surface area contributed by atoms with Crippen LogP contribution < -0.4 is 0 Å². The van der Waals surface area contributed by atoms with Crippen molar-refractivity contribution in [2.45, 2.75) is 9.79 Å². The Kier molecular flexibility index (Phi) is 6.64. The van der Waals surface area contributed by atoms with Crippen molar-refractivity contribution in [2.75, 3.05) is 0 Å². The molecular weight excluding hydrogens is 524 g/mol. The first-order chi connectivity index (χ1) is 18.1. The highest BCUT2D eigenvalue weighted by atomic mass is 32.2. The molecule has 2 N–H and O–H groups in total. The number of hydrogen-bond donors (Lipinski definition) is 2. The summed E-state index contributed by atoms with van der Waals surface area (Å²) >= 11 is 0. The minimum atomic E-state index is -4.23. The van der Waals surface area contributed by atoms with Crippen LogP contribution in [0.25, 0.3) is 44.8 Å². The maximum atomic E-state index is 11.2. The molecule has 10 heteroatoms. The van der Waals surface area contributed by atoms with Gasteiger partial charge in [-0.1, -0.05) is 72.8 Å². The fourth-order valence-corrected chi connectivity index (χ4v) is 4.89. The summed E-state index contributed by atoms with van der Waals surface area (Å²) in [6, 6.07) is 27.1. The molecule has 0 saturated carbocycles. The van der Waals surface area contributed by atoms with Gasteiger partial charge in [-0.05, 0) is 46.5 Å². The lowest BCUT2D eigenvalue weighted by atomic mass is 10.0. The van der Waals surface area contributed by atoms with E-state index in [0.717, 1.165) is 33.4 Å². The van der Waals surface area contributed by atoms with Crippen LogP contribution in [0.2, 0.25) is 0 Å². The van der Waals surface area contributed by atoms with Gasteiger partial charge < -0.3 is 0 Å². The third kappa shape index (κ3) is 5.53. The molecule has 0 spiro atoms. The van der Waals surface area contributed by atoms with Crippen molar-refractivity contribution in [3.8, 4) is 44.8 Å². The molecule has 5 aromatic rings. The minimum absolute atomic E-state index is 0.155. The second kappa shape index (κ2) is 9.92. The zero-order chi connectivity index (χ0) is 26.9. The first-order valence-electron chi connectivity index (χ1n) is 11.3. The van der Waals surface area contributed by atoms with Gasteiger partial charge in [0.15, 0.2) is 0 Å². The van der Waals surface area contributed by atoms with E-state index < -0.39 is 20.2 Å². The van der Waals surface area contributed by atoms with Crippen molar-refractivity contribution >= 4 is 20.2 Å². The van der Waals surface area contributed by atoms with E-state index in [2.05, 4.69) is 9.97 Å². The van der Waals surface area contributed by atoms with Crippen molar-refractivity contribution < 1.29 is 25.9 Å². The summed E-state index contributed by atoms with van der Waals surface area (Å²) in [5.74, 6) is 0. The average Bonchev–Trinajstić information content (AvgIpc) is 2.93. The van der Waals surface area contributed by atoms with Crippen LogP contribution in [0.4, 0.5) is 0 Å². The highest BCUT2D eigenvalue weighted by molar-refractivity contribution is 7.86. The topological polar surface area (TPSA) is 135 Å². The highest BCUT2D eigenvalue weighted by Crippen LogP contribution is 2.27. The molecule has 190 valence electrons. The Morgan fingerprint density at radius 3 is 0.868 bits per heavy atom. The standard InChI is InChI=1S/C28H20N2O6S2/c31-37(32,33)25-13-9-21(10-14-25)19-1-5-23(6-2-19)27-17-30-28(18-29-27)24-7-3-20(4-8-24)22-11-15-26(16-12-22)38(34,35)36/h1-18H,(H,31,32,33)(H,34,35,36). The van der Waals surface area contributed by atoms with Crippen molar-refractivity contribution in [3.05, 3.63) is 109 Å². The minimum Gasteiger partial charge on any atom is -0.282 e. The van der Waals surface area contributed by atoms with Crippen molar-refractivity contribution in [2.24, 2.45) is 0 Å². The van der Waals surface area contributed by atoms with Crippen LogP contribution in [0.5, 0.6) is 0 Å². The van der Waals surface area contributed by atoms with Crippen LogP contribution in [0.1, 0.15) is 0 Å². The van der Waals surface area contributed by atoms with E-state index in [4.69, 9.17) is 9.11 Å². The Morgan fingerprint density at radius 2 is 0.632 bits per heavy atom. The monoisotopic (exact) mass is 544 g/mol. The molecule has 0 radical (unpaired) electrons. The van der Waals surface area contributed by atoms with Crippen LogP contribution in [-0.4, -0.2) is 35.9 Å². The van der Waals surface area contributed by atoms with E-state index in [1.165, 1.54) is 24.3 Å². The number of aromatic nitrogens is 2. The summed E-state index contributed by atoms with van der Waals surface area (Å²) in [5.41, 5.74) is 6.50. The molecule has 0 aliphatic heterocycles. The molecule has 0 unspecified atom stereocenters. The maximum Gasteiger partial charge on any atom is 0.294 e. The molecule has 4 aromatic carbocycles. The molecule has 0 fully saturated rings. The summed E-state index contributed by atoms with van der Waals surface area (Å²) < 4.78 is 63.2. The molecule has 0 aliphatic carbocycles. The van der Waals surface area contributed by atoms with Crippen molar-refractivity contribution in [1.29, 1.82) is 0 Å². The fraction of sp³-hybridized carbons (Fsp3) is 0. The molecule has 5 rings (SSSR count). The molecule has 38 heavy (non-hydrogen) atoms. The average molecular weight is 545 g/mol. The van der Waals surface area contributed by atoms with Gasteiger partial charge in [-0.2, -0.15) is 16.8 Å². The smallest absolute Gasteiger partial charge is 0.282 e. The van der Waals surface area contributed by atoms with Crippen LogP contribution in [0.15, 0.2) is 119 Å². The second-order valence-corrected chi connectivity index (χ2v) is 11.3. The van der Waals surface area contributed by atoms with Gasteiger partial charge in [-0.25, -0.2) is 0 Å². The quantitative estimate of drug-likeness (QED) is 0.262. The Bertz CT molecular complexity index is 1660. The van der Waals surface area contributed by atoms with Gasteiger partial charge in [0, 0.05) is 11.1 Å². The Labute approximate surface area is 219 Å². The van der Waals surface area contributed by atoms with Crippen LogP contribution >= 0.6 is 0 Å². The molecular formula is C28H20N2O6S2. The number of benzene rings is 4. The van der Waals surface area contributed by atoms with Crippen LogP contribution in [-0.2, 0) is 20.2 Å². The van der Waals surface area contributed by atoms with E-state index in [1.54, 1.807) is 36.7 Å². The summed E-state index contributed by atoms with van der Waals surface area (Å²) in [6.07, 6.45) is 3.38. The van der Waals surface area contributed by atoms with Gasteiger partial charge in [-0.3, -0.25) is 19.1 Å². The number of rotatable bonds is 6. The van der Waals surface area contributed by atoms with Gasteiger partial charge in [0.2, 0.25) is 0 Å². The lowest BCUT2D eigenvalue weighted by molar-refractivity contribution is 0.481. The molecule has 0 bridgehead atoms. The van der Waals surface area contributed by atoms with E-state index in [9.17, 15) is 16.8 Å². The predicted molar refractivity (Wildman–Crippen MR) is 143 cm³/mol. The fourth-order valence-electron chi connectivity index (χ4n) is 3.93. The van der Waals surface area contributed by atoms with Gasteiger partial charge in [0.1, 0.15) is 0 Å². The lowest BCUT2D eigenvalue weighted by Gasteiger charge is -2.07. The lowest BCUT2D eigenvalue weighted by Crippen LogP contribution is -1.97. The maximum absolute atomic E-state index is 11.2. The second-order valence-electron chi connectivity index (χ2n) is 8.44. The van der Waals surface area contributed by atoms with Gasteiger partial charge in [0.25, 0.3) is 20.2 Å². The summed E-state index contributed by atoms with van der Waals surface area (Å²) in [6.45, 7) is 0.